The minimum atomic E-state index is -0.116. The lowest BCUT2D eigenvalue weighted by Gasteiger charge is -2.55. The molecule has 0 aliphatic heterocycles. The molecule has 3 fully saturated rings. The highest BCUT2D eigenvalue weighted by molar-refractivity contribution is 5.39. The first-order valence-corrected chi connectivity index (χ1v) is 12.4. The van der Waals surface area contributed by atoms with Crippen LogP contribution in [0.15, 0.2) is 35.5 Å². The molecule has 162 valence electrons. The summed E-state index contributed by atoms with van der Waals surface area (Å²) in [5.74, 6) is 4.38. The van der Waals surface area contributed by atoms with E-state index in [9.17, 15) is 5.11 Å². The summed E-state index contributed by atoms with van der Waals surface area (Å²) in [6, 6.07) is 0. The average molecular weight is 397 g/mol. The SMILES string of the molecule is CC(C)[C@@H](C)/C=C/[C@@H](C)[C@H]1CC[C@@H]2C3=CC=C4C[C@H](O)CC[C@]4(C)[C@H]3CC[C@@]21C. The van der Waals surface area contributed by atoms with E-state index < -0.39 is 0 Å². The van der Waals surface area contributed by atoms with Crippen LogP contribution in [0.4, 0.5) is 0 Å². The van der Waals surface area contributed by atoms with E-state index in [0.717, 1.165) is 36.5 Å². The average Bonchev–Trinajstić information content (AvgIpc) is 3.03. The molecule has 29 heavy (non-hydrogen) atoms. The Morgan fingerprint density at radius 1 is 0.931 bits per heavy atom. The van der Waals surface area contributed by atoms with Gasteiger partial charge in [0.2, 0.25) is 0 Å². The van der Waals surface area contributed by atoms with Crippen LogP contribution in [0.3, 0.4) is 0 Å². The normalized spacial score (nSPS) is 44.0. The van der Waals surface area contributed by atoms with E-state index in [4.69, 9.17) is 0 Å². The Labute approximate surface area is 179 Å². The summed E-state index contributed by atoms with van der Waals surface area (Å²) in [5.41, 5.74) is 4.07. The van der Waals surface area contributed by atoms with Gasteiger partial charge in [-0.1, -0.05) is 77.0 Å². The van der Waals surface area contributed by atoms with Crippen molar-refractivity contribution in [3.63, 3.8) is 0 Å². The van der Waals surface area contributed by atoms with E-state index in [1.54, 1.807) is 5.57 Å². The Bertz CT molecular complexity index is 712. The lowest BCUT2D eigenvalue weighted by molar-refractivity contribution is 0.0382. The molecular formula is C28H44O. The van der Waals surface area contributed by atoms with Crippen molar-refractivity contribution in [2.24, 2.45) is 46.3 Å². The summed E-state index contributed by atoms with van der Waals surface area (Å²) in [4.78, 5) is 0. The zero-order chi connectivity index (χ0) is 21.0. The first-order chi connectivity index (χ1) is 13.7. The van der Waals surface area contributed by atoms with Gasteiger partial charge in [-0.25, -0.2) is 0 Å². The number of hydrogen-bond donors (Lipinski definition) is 1. The quantitative estimate of drug-likeness (QED) is 0.493. The molecule has 0 spiro atoms. The number of aliphatic hydroxyl groups excluding tert-OH is 1. The Morgan fingerprint density at radius 2 is 1.69 bits per heavy atom. The summed E-state index contributed by atoms with van der Waals surface area (Å²) in [6.45, 7) is 14.6. The third-order valence-electron chi connectivity index (χ3n) is 10.0. The molecule has 0 heterocycles. The van der Waals surface area contributed by atoms with Gasteiger partial charge in [-0.05, 0) is 91.3 Å². The summed E-state index contributed by atoms with van der Waals surface area (Å²) in [6.07, 6.45) is 18.4. The predicted molar refractivity (Wildman–Crippen MR) is 123 cm³/mol. The highest BCUT2D eigenvalue weighted by Gasteiger charge is 2.56. The number of rotatable bonds is 4. The fraction of sp³-hybridized carbons (Fsp3) is 0.786. The predicted octanol–water partition coefficient (Wildman–Crippen LogP) is 7.33. The molecule has 1 heteroatoms. The van der Waals surface area contributed by atoms with Crippen molar-refractivity contribution in [1.29, 1.82) is 0 Å². The van der Waals surface area contributed by atoms with Crippen molar-refractivity contribution in [3.8, 4) is 0 Å². The molecular weight excluding hydrogens is 352 g/mol. The van der Waals surface area contributed by atoms with Crippen LogP contribution in [0.1, 0.15) is 86.5 Å². The summed E-state index contributed by atoms with van der Waals surface area (Å²) in [5, 5.41) is 10.2. The zero-order valence-corrected chi connectivity index (χ0v) is 19.7. The third-order valence-corrected chi connectivity index (χ3v) is 10.0. The number of aliphatic hydroxyl groups is 1. The van der Waals surface area contributed by atoms with E-state index in [1.165, 1.54) is 37.7 Å². The second-order valence-corrected chi connectivity index (χ2v) is 11.9. The van der Waals surface area contributed by atoms with Crippen LogP contribution < -0.4 is 0 Å². The molecule has 8 atom stereocenters. The monoisotopic (exact) mass is 396 g/mol. The molecule has 0 aromatic carbocycles. The van der Waals surface area contributed by atoms with Crippen molar-refractivity contribution in [1.82, 2.24) is 0 Å². The molecule has 0 aromatic heterocycles. The van der Waals surface area contributed by atoms with E-state index in [1.807, 2.05) is 0 Å². The highest BCUT2D eigenvalue weighted by Crippen LogP contribution is 2.65. The van der Waals surface area contributed by atoms with Crippen LogP contribution in [0.2, 0.25) is 0 Å². The van der Waals surface area contributed by atoms with Gasteiger partial charge in [0.15, 0.2) is 0 Å². The van der Waals surface area contributed by atoms with E-state index >= 15 is 0 Å². The molecule has 0 radical (unpaired) electrons. The van der Waals surface area contributed by atoms with Crippen molar-refractivity contribution in [3.05, 3.63) is 35.5 Å². The van der Waals surface area contributed by atoms with Crippen molar-refractivity contribution >= 4 is 0 Å². The molecule has 4 rings (SSSR count). The molecule has 0 saturated heterocycles. The molecule has 1 nitrogen and oxygen atoms in total. The summed E-state index contributed by atoms with van der Waals surface area (Å²) in [7, 11) is 0. The highest BCUT2D eigenvalue weighted by atomic mass is 16.3. The molecule has 0 amide bonds. The lowest BCUT2D eigenvalue weighted by Crippen LogP contribution is -2.46. The van der Waals surface area contributed by atoms with E-state index in [2.05, 4.69) is 65.8 Å². The number of hydrogen-bond acceptors (Lipinski definition) is 1. The molecule has 0 bridgehead atoms. The molecule has 0 aromatic rings. The van der Waals surface area contributed by atoms with Crippen LogP contribution in [-0.4, -0.2) is 11.2 Å². The Kier molecular flexibility index (Phi) is 5.69. The topological polar surface area (TPSA) is 20.2 Å². The van der Waals surface area contributed by atoms with Gasteiger partial charge in [-0.2, -0.15) is 0 Å². The minimum absolute atomic E-state index is 0.116. The van der Waals surface area contributed by atoms with Gasteiger partial charge >= 0.3 is 0 Å². The standard InChI is InChI=1S/C28H44O/c1-18(2)19(3)7-8-20(4)24-11-12-25-23-10-9-21-17-22(29)13-15-27(21,5)26(23)14-16-28(24,25)6/h7-10,18-20,22,24-26,29H,11-17H2,1-6H3/b8-7+/t19-,20+,22+,24+,25+,26-,27-,28+/m0/s1. The van der Waals surface area contributed by atoms with Crippen LogP contribution in [0.25, 0.3) is 0 Å². The molecule has 3 saturated carbocycles. The Balaban J connectivity index is 1.57. The molecule has 4 aliphatic rings. The lowest BCUT2D eigenvalue weighted by atomic mass is 9.50. The van der Waals surface area contributed by atoms with Gasteiger partial charge in [-0.15, -0.1) is 0 Å². The number of fused-ring (bicyclic) bond motifs is 5. The third kappa shape index (κ3) is 3.50. The van der Waals surface area contributed by atoms with Gasteiger partial charge in [0.25, 0.3) is 0 Å². The van der Waals surface area contributed by atoms with Crippen molar-refractivity contribution < 1.29 is 5.11 Å². The smallest absolute Gasteiger partial charge is 0.0578 e. The number of allylic oxidation sites excluding steroid dienone is 5. The van der Waals surface area contributed by atoms with Gasteiger partial charge in [0, 0.05) is 0 Å². The second-order valence-electron chi connectivity index (χ2n) is 11.9. The molecule has 4 aliphatic carbocycles. The maximum absolute atomic E-state index is 10.2. The van der Waals surface area contributed by atoms with Crippen LogP contribution in [0, 0.1) is 46.3 Å². The fourth-order valence-corrected chi connectivity index (χ4v) is 7.59. The first kappa shape index (κ1) is 21.4. The largest absolute Gasteiger partial charge is 0.393 e. The van der Waals surface area contributed by atoms with Gasteiger partial charge < -0.3 is 5.11 Å². The zero-order valence-electron chi connectivity index (χ0n) is 19.7. The van der Waals surface area contributed by atoms with E-state index in [-0.39, 0.29) is 6.10 Å². The van der Waals surface area contributed by atoms with Crippen LogP contribution in [-0.2, 0) is 0 Å². The van der Waals surface area contributed by atoms with Crippen molar-refractivity contribution in [2.75, 3.05) is 0 Å². The summed E-state index contributed by atoms with van der Waals surface area (Å²) >= 11 is 0. The van der Waals surface area contributed by atoms with Gasteiger partial charge in [0.05, 0.1) is 6.10 Å². The van der Waals surface area contributed by atoms with Gasteiger partial charge in [-0.3, -0.25) is 0 Å². The Hall–Kier alpha value is -0.820. The maximum atomic E-state index is 10.2. The first-order valence-electron chi connectivity index (χ1n) is 12.4. The van der Waals surface area contributed by atoms with E-state index in [0.29, 0.717) is 22.7 Å². The molecule has 0 unspecified atom stereocenters. The maximum Gasteiger partial charge on any atom is 0.0578 e. The summed E-state index contributed by atoms with van der Waals surface area (Å²) < 4.78 is 0. The van der Waals surface area contributed by atoms with Gasteiger partial charge in [0.1, 0.15) is 0 Å². The fourth-order valence-electron chi connectivity index (χ4n) is 7.59. The van der Waals surface area contributed by atoms with Crippen molar-refractivity contribution in [2.45, 2.75) is 92.6 Å². The Morgan fingerprint density at radius 3 is 2.41 bits per heavy atom. The minimum Gasteiger partial charge on any atom is -0.393 e. The molecule has 1 N–H and O–H groups in total. The second kappa shape index (κ2) is 7.70. The van der Waals surface area contributed by atoms with Crippen LogP contribution >= 0.6 is 0 Å². The van der Waals surface area contributed by atoms with Crippen LogP contribution in [0.5, 0.6) is 0 Å².